The lowest BCUT2D eigenvalue weighted by Crippen LogP contribution is -2.46. The maximum Gasteiger partial charge on any atom is 0.500 e. The molecule has 0 saturated carbocycles. The standard InChI is InChI=1S/C14H34O3S4Si/c1-7-15-22(16-8-2,17-9-3)12-10-11-21(19,20-18)13-14(4,5)6/h18-19H,7-13H2,1-6H3. The molecule has 0 aromatic carbocycles. The first kappa shape index (κ1) is 23.5. The minimum atomic E-state index is -2.52. The van der Waals surface area contributed by atoms with Gasteiger partial charge in [-0.3, -0.25) is 0 Å². The van der Waals surface area contributed by atoms with Gasteiger partial charge in [-0.2, -0.15) is 0 Å². The lowest BCUT2D eigenvalue weighted by atomic mass is 10.0. The Morgan fingerprint density at radius 2 is 1.45 bits per heavy atom. The van der Waals surface area contributed by atoms with E-state index in [1.807, 2.05) is 20.8 Å². The third kappa shape index (κ3) is 9.71. The van der Waals surface area contributed by atoms with Gasteiger partial charge in [-0.05, 0) is 48.2 Å². The molecule has 0 bridgehead atoms. The Bertz CT molecular complexity index is 285. The topological polar surface area (TPSA) is 27.7 Å². The molecule has 8 heteroatoms. The molecule has 1 atom stereocenters. The van der Waals surface area contributed by atoms with E-state index in [1.54, 1.807) is 9.83 Å². The molecule has 0 radical (unpaired) electrons. The van der Waals surface area contributed by atoms with E-state index < -0.39 is 16.9 Å². The van der Waals surface area contributed by atoms with Gasteiger partial charge in [0.2, 0.25) is 0 Å². The van der Waals surface area contributed by atoms with Crippen LogP contribution in [0.5, 0.6) is 0 Å². The van der Waals surface area contributed by atoms with Crippen LogP contribution in [-0.2, 0) is 13.3 Å². The second kappa shape index (κ2) is 11.2. The van der Waals surface area contributed by atoms with Crippen molar-refractivity contribution in [1.29, 1.82) is 0 Å². The van der Waals surface area contributed by atoms with Crippen LogP contribution in [0, 0.1) is 5.41 Å². The molecule has 3 nitrogen and oxygen atoms in total. The van der Waals surface area contributed by atoms with Crippen molar-refractivity contribution in [3.8, 4) is 0 Å². The first-order valence-electron chi connectivity index (χ1n) is 7.92. The largest absolute Gasteiger partial charge is 0.500 e. The number of rotatable bonds is 12. The molecule has 0 fully saturated rings. The maximum absolute atomic E-state index is 5.91. The fraction of sp³-hybridized carbons (Fsp3) is 1.00. The Morgan fingerprint density at radius 1 is 1.00 bits per heavy atom. The zero-order chi connectivity index (χ0) is 17.3. The van der Waals surface area contributed by atoms with Gasteiger partial charge in [-0.1, -0.05) is 20.8 Å². The molecule has 0 spiro atoms. The maximum atomic E-state index is 5.91. The molecule has 0 aliphatic carbocycles. The highest BCUT2D eigenvalue weighted by molar-refractivity contribution is 9.33. The fourth-order valence-corrected chi connectivity index (χ4v) is 11.9. The normalized spacial score (nSPS) is 17.3. The van der Waals surface area contributed by atoms with E-state index in [2.05, 4.69) is 32.4 Å². The van der Waals surface area contributed by atoms with Gasteiger partial charge in [-0.15, -0.1) is 31.4 Å². The summed E-state index contributed by atoms with van der Waals surface area (Å²) >= 11 is 9.44. The predicted molar refractivity (Wildman–Crippen MR) is 112 cm³/mol. The van der Waals surface area contributed by atoms with E-state index in [1.165, 1.54) is 0 Å². The fourth-order valence-electron chi connectivity index (χ4n) is 2.33. The zero-order valence-electron chi connectivity index (χ0n) is 14.9. The molecule has 0 aromatic rings. The van der Waals surface area contributed by atoms with E-state index in [0.29, 0.717) is 19.8 Å². The van der Waals surface area contributed by atoms with Crippen molar-refractivity contribution < 1.29 is 13.3 Å². The number of thiol groups is 2. The molecule has 0 rings (SSSR count). The Kier molecular flexibility index (Phi) is 11.9. The highest BCUT2D eigenvalue weighted by Crippen LogP contribution is 2.68. The van der Waals surface area contributed by atoms with Gasteiger partial charge in [0, 0.05) is 31.6 Å². The van der Waals surface area contributed by atoms with Crippen LogP contribution in [0.4, 0.5) is 0 Å². The minimum absolute atomic E-state index is 0.265. The van der Waals surface area contributed by atoms with Gasteiger partial charge < -0.3 is 13.3 Å². The SMILES string of the molecule is CCO[Si](CCCS(S)(CC(C)(C)C)SS)(OCC)OCC. The first-order valence-corrected chi connectivity index (χ1v) is 15.3. The van der Waals surface area contributed by atoms with Gasteiger partial charge in [0.25, 0.3) is 0 Å². The molecule has 0 aliphatic heterocycles. The summed E-state index contributed by atoms with van der Waals surface area (Å²) in [6.07, 6.45) is 1.01. The van der Waals surface area contributed by atoms with Gasteiger partial charge in [-0.25, -0.2) is 0 Å². The third-order valence-electron chi connectivity index (χ3n) is 2.84. The van der Waals surface area contributed by atoms with Crippen LogP contribution in [0.15, 0.2) is 0 Å². The quantitative estimate of drug-likeness (QED) is 0.250. The molecular weight excluding hydrogens is 373 g/mol. The summed E-state index contributed by atoms with van der Waals surface area (Å²) in [6.45, 7) is 14.7. The molecule has 0 heterocycles. The molecule has 0 amide bonds. The van der Waals surface area contributed by atoms with Gasteiger partial charge >= 0.3 is 8.80 Å². The average Bonchev–Trinajstić information content (AvgIpc) is 2.37. The van der Waals surface area contributed by atoms with Crippen molar-refractivity contribution >= 4 is 50.0 Å². The first-order chi connectivity index (χ1) is 10.2. The van der Waals surface area contributed by atoms with E-state index in [4.69, 9.17) is 24.9 Å². The summed E-state index contributed by atoms with van der Waals surface area (Å²) in [4.78, 5) is 0. The lowest BCUT2D eigenvalue weighted by molar-refractivity contribution is 0.0712. The number of hydrogen-bond acceptors (Lipinski definition) is 6. The second-order valence-corrected chi connectivity index (χ2v) is 18.0. The second-order valence-electron chi connectivity index (χ2n) is 6.34. The summed E-state index contributed by atoms with van der Waals surface area (Å²) in [5.41, 5.74) is 0.265. The molecule has 0 N–H and O–H groups in total. The highest BCUT2D eigenvalue weighted by atomic mass is 33.7. The molecule has 0 saturated heterocycles. The van der Waals surface area contributed by atoms with Crippen LogP contribution in [0.25, 0.3) is 0 Å². The van der Waals surface area contributed by atoms with E-state index >= 15 is 0 Å². The van der Waals surface area contributed by atoms with Crippen LogP contribution in [0.1, 0.15) is 48.0 Å². The van der Waals surface area contributed by atoms with E-state index in [0.717, 1.165) is 24.0 Å². The average molecular weight is 407 g/mol. The Balaban J connectivity index is 4.69. The third-order valence-corrected chi connectivity index (χ3v) is 15.4. The monoisotopic (exact) mass is 406 g/mol. The lowest BCUT2D eigenvalue weighted by Gasteiger charge is -2.38. The summed E-state index contributed by atoms with van der Waals surface area (Å²) in [7, 11) is -1.97. The highest BCUT2D eigenvalue weighted by Gasteiger charge is 2.40. The van der Waals surface area contributed by atoms with Crippen molar-refractivity contribution in [2.24, 2.45) is 5.41 Å². The van der Waals surface area contributed by atoms with Crippen LogP contribution >= 0.6 is 41.2 Å². The van der Waals surface area contributed by atoms with Gasteiger partial charge in [0.05, 0.1) is 0 Å². The van der Waals surface area contributed by atoms with Crippen molar-refractivity contribution in [2.75, 3.05) is 31.3 Å². The summed E-state index contributed by atoms with van der Waals surface area (Å²) in [6, 6.07) is 0.857. The zero-order valence-corrected chi connectivity index (χ0v) is 19.3. The summed E-state index contributed by atoms with van der Waals surface area (Å²) in [5.74, 6) is 2.13. The molecule has 0 aromatic heterocycles. The Labute approximate surface area is 153 Å². The summed E-state index contributed by atoms with van der Waals surface area (Å²) in [5, 5.41) is 0. The molecule has 1 unspecified atom stereocenters. The van der Waals surface area contributed by atoms with Crippen LogP contribution < -0.4 is 0 Å². The van der Waals surface area contributed by atoms with Crippen molar-refractivity contribution in [3.05, 3.63) is 0 Å². The van der Waals surface area contributed by atoms with E-state index in [-0.39, 0.29) is 5.41 Å². The van der Waals surface area contributed by atoms with Crippen molar-refractivity contribution in [2.45, 2.75) is 54.0 Å². The van der Waals surface area contributed by atoms with Crippen LogP contribution in [0.3, 0.4) is 0 Å². The predicted octanol–water partition coefficient (Wildman–Crippen LogP) is 5.61. The van der Waals surface area contributed by atoms with Crippen molar-refractivity contribution in [3.63, 3.8) is 0 Å². The molecular formula is C14H34O3S4Si. The van der Waals surface area contributed by atoms with Gasteiger partial charge in [0.1, 0.15) is 0 Å². The number of hydrogen-bond donors (Lipinski definition) is 2. The molecule has 136 valence electrons. The Morgan fingerprint density at radius 3 is 1.77 bits per heavy atom. The van der Waals surface area contributed by atoms with Crippen molar-refractivity contribution in [1.82, 2.24) is 0 Å². The van der Waals surface area contributed by atoms with E-state index in [9.17, 15) is 0 Å². The molecule has 22 heavy (non-hydrogen) atoms. The Hall–Kier alpha value is 1.50. The summed E-state index contributed by atoms with van der Waals surface area (Å²) < 4.78 is 17.7. The smallest absolute Gasteiger partial charge is 0.374 e. The van der Waals surface area contributed by atoms with Crippen LogP contribution in [0.2, 0.25) is 6.04 Å². The molecule has 0 aliphatic rings. The van der Waals surface area contributed by atoms with Crippen LogP contribution in [-0.4, -0.2) is 40.1 Å². The minimum Gasteiger partial charge on any atom is -0.374 e. The van der Waals surface area contributed by atoms with Gasteiger partial charge in [0.15, 0.2) is 0 Å².